The molecule has 2 aromatic carbocycles. The molecule has 0 saturated carbocycles. The Morgan fingerprint density at radius 3 is 2.10 bits per heavy atom. The maximum atomic E-state index is 8.94. The molecule has 0 unspecified atom stereocenters. The summed E-state index contributed by atoms with van der Waals surface area (Å²) in [4.78, 5) is 1.97. The molecule has 20 heavy (non-hydrogen) atoms. The van der Waals surface area contributed by atoms with Gasteiger partial charge in [-0.15, -0.1) is 0 Å². The van der Waals surface area contributed by atoms with E-state index in [0.29, 0.717) is 22.6 Å². The molecule has 0 aliphatic heterocycles. The van der Waals surface area contributed by atoms with Gasteiger partial charge in [0.2, 0.25) is 0 Å². The number of hydrogen-bond donors (Lipinski definition) is 0. The zero-order valence-electron chi connectivity index (χ0n) is 11.3. The normalized spacial score (nSPS) is 9.40. The van der Waals surface area contributed by atoms with Crippen LogP contribution >= 0.6 is 0 Å². The molecule has 98 valence electrons. The Kier molecular flexibility index (Phi) is 3.88. The second-order valence-corrected chi connectivity index (χ2v) is 4.46. The van der Waals surface area contributed by atoms with Crippen molar-refractivity contribution in [2.24, 2.45) is 0 Å². The summed E-state index contributed by atoms with van der Waals surface area (Å²) in [7, 11) is 3.90. The summed E-state index contributed by atoms with van der Waals surface area (Å²) in [5.41, 5.74) is 1.82. The summed E-state index contributed by atoms with van der Waals surface area (Å²) in [5, 5.41) is 17.9. The summed E-state index contributed by atoms with van der Waals surface area (Å²) in [6.07, 6.45) is 0. The molecule has 0 heterocycles. The molecule has 0 radical (unpaired) electrons. The van der Waals surface area contributed by atoms with Crippen LogP contribution in [0.3, 0.4) is 0 Å². The lowest BCUT2D eigenvalue weighted by atomic mass is 10.1. The zero-order chi connectivity index (χ0) is 14.5. The largest absolute Gasteiger partial charge is 0.457 e. The van der Waals surface area contributed by atoms with E-state index in [1.54, 1.807) is 12.1 Å². The van der Waals surface area contributed by atoms with E-state index >= 15 is 0 Å². The molecule has 0 amide bonds. The number of hydrogen-bond acceptors (Lipinski definition) is 4. The molecule has 0 atom stereocenters. The Morgan fingerprint density at radius 2 is 1.55 bits per heavy atom. The highest BCUT2D eigenvalue weighted by Crippen LogP contribution is 2.26. The van der Waals surface area contributed by atoms with Gasteiger partial charge in [0.1, 0.15) is 11.5 Å². The predicted octanol–water partition coefficient (Wildman–Crippen LogP) is 3.29. The van der Waals surface area contributed by atoms with Gasteiger partial charge in [-0.05, 0) is 30.3 Å². The van der Waals surface area contributed by atoms with Gasteiger partial charge in [-0.25, -0.2) is 0 Å². The minimum absolute atomic E-state index is 0.405. The van der Waals surface area contributed by atoms with Crippen molar-refractivity contribution in [1.29, 1.82) is 10.5 Å². The lowest BCUT2D eigenvalue weighted by molar-refractivity contribution is 0.482. The van der Waals surface area contributed by atoms with Crippen LogP contribution < -0.4 is 9.64 Å². The lowest BCUT2D eigenvalue weighted by Crippen LogP contribution is -2.08. The quantitative estimate of drug-likeness (QED) is 0.852. The van der Waals surface area contributed by atoms with Crippen LogP contribution in [-0.4, -0.2) is 14.1 Å². The molecule has 0 spiro atoms. The fourth-order valence-corrected chi connectivity index (χ4v) is 1.75. The van der Waals surface area contributed by atoms with Crippen molar-refractivity contribution in [3.63, 3.8) is 0 Å². The van der Waals surface area contributed by atoms with Gasteiger partial charge in [0.25, 0.3) is 0 Å². The molecule has 0 aliphatic carbocycles. The topological polar surface area (TPSA) is 60.0 Å². The van der Waals surface area contributed by atoms with E-state index in [9.17, 15) is 0 Å². The van der Waals surface area contributed by atoms with E-state index in [0.717, 1.165) is 5.69 Å². The molecule has 0 fully saturated rings. The van der Waals surface area contributed by atoms with Crippen LogP contribution in [0.15, 0.2) is 42.5 Å². The van der Waals surface area contributed by atoms with E-state index in [-0.39, 0.29) is 0 Å². The van der Waals surface area contributed by atoms with E-state index in [4.69, 9.17) is 15.3 Å². The molecule has 0 saturated heterocycles. The second-order valence-electron chi connectivity index (χ2n) is 4.46. The Bertz CT molecular complexity index is 676. The molecule has 2 aromatic rings. The third-order valence-corrected chi connectivity index (χ3v) is 2.73. The van der Waals surface area contributed by atoms with Crippen molar-refractivity contribution in [1.82, 2.24) is 0 Å². The third kappa shape index (κ3) is 3.07. The maximum Gasteiger partial charge on any atom is 0.130 e. The molecule has 4 nitrogen and oxygen atoms in total. The molecule has 0 aliphatic rings. The SMILES string of the molecule is CN(C)c1cccc(Oc2cc(C#N)cc(C#N)c2)c1. The minimum Gasteiger partial charge on any atom is -0.457 e. The Morgan fingerprint density at radius 1 is 0.900 bits per heavy atom. The second kappa shape index (κ2) is 5.77. The molecular formula is C16H13N3O. The van der Waals surface area contributed by atoms with Crippen molar-refractivity contribution in [2.45, 2.75) is 0 Å². The molecule has 4 heteroatoms. The maximum absolute atomic E-state index is 8.94. The zero-order valence-corrected chi connectivity index (χ0v) is 11.3. The number of benzene rings is 2. The first-order valence-corrected chi connectivity index (χ1v) is 6.03. The highest BCUT2D eigenvalue weighted by molar-refractivity contribution is 5.51. The highest BCUT2D eigenvalue weighted by atomic mass is 16.5. The van der Waals surface area contributed by atoms with E-state index in [1.165, 1.54) is 6.07 Å². The van der Waals surface area contributed by atoms with Crippen molar-refractivity contribution in [3.8, 4) is 23.6 Å². The van der Waals surface area contributed by atoms with Crippen molar-refractivity contribution in [2.75, 3.05) is 19.0 Å². The fourth-order valence-electron chi connectivity index (χ4n) is 1.75. The number of rotatable bonds is 3. The van der Waals surface area contributed by atoms with Gasteiger partial charge >= 0.3 is 0 Å². The Hall–Kier alpha value is -2.98. The number of nitrogens with zero attached hydrogens (tertiary/aromatic N) is 3. The molecular weight excluding hydrogens is 250 g/mol. The molecule has 0 aromatic heterocycles. The van der Waals surface area contributed by atoms with E-state index in [1.807, 2.05) is 55.4 Å². The summed E-state index contributed by atoms with van der Waals surface area (Å²) in [6.45, 7) is 0. The number of anilines is 1. The first-order chi connectivity index (χ1) is 9.62. The summed E-state index contributed by atoms with van der Waals surface area (Å²) in [5.74, 6) is 1.15. The van der Waals surface area contributed by atoms with Gasteiger partial charge in [0.15, 0.2) is 0 Å². The summed E-state index contributed by atoms with van der Waals surface area (Å²) >= 11 is 0. The van der Waals surface area contributed by atoms with Crippen LogP contribution in [0.25, 0.3) is 0 Å². The van der Waals surface area contributed by atoms with Gasteiger partial charge < -0.3 is 9.64 Å². The van der Waals surface area contributed by atoms with Crippen LogP contribution in [0, 0.1) is 22.7 Å². The first-order valence-electron chi connectivity index (χ1n) is 6.03. The smallest absolute Gasteiger partial charge is 0.130 e. The number of ether oxygens (including phenoxy) is 1. The van der Waals surface area contributed by atoms with Gasteiger partial charge in [-0.3, -0.25) is 0 Å². The lowest BCUT2D eigenvalue weighted by Gasteiger charge is -2.14. The van der Waals surface area contributed by atoms with Crippen molar-refractivity contribution in [3.05, 3.63) is 53.6 Å². The van der Waals surface area contributed by atoms with Crippen LogP contribution in [0.4, 0.5) is 5.69 Å². The van der Waals surface area contributed by atoms with Crippen LogP contribution in [0.5, 0.6) is 11.5 Å². The molecule has 0 bridgehead atoms. The van der Waals surface area contributed by atoms with Crippen LogP contribution in [0.2, 0.25) is 0 Å². The fraction of sp³-hybridized carbons (Fsp3) is 0.125. The average molecular weight is 263 g/mol. The van der Waals surface area contributed by atoms with Crippen LogP contribution in [0.1, 0.15) is 11.1 Å². The first kappa shape index (κ1) is 13.5. The van der Waals surface area contributed by atoms with Gasteiger partial charge in [-0.1, -0.05) is 6.07 Å². The van der Waals surface area contributed by atoms with Gasteiger partial charge in [0.05, 0.1) is 23.3 Å². The average Bonchev–Trinajstić information content (AvgIpc) is 2.47. The standard InChI is InChI=1S/C16H13N3O/c1-19(2)14-4-3-5-15(9-14)20-16-7-12(10-17)6-13(8-16)11-18/h3-9H,1-2H3. The summed E-state index contributed by atoms with van der Waals surface area (Å²) in [6, 6.07) is 16.4. The van der Waals surface area contributed by atoms with Crippen molar-refractivity contribution < 1.29 is 4.74 Å². The predicted molar refractivity (Wildman–Crippen MR) is 76.7 cm³/mol. The van der Waals surface area contributed by atoms with Gasteiger partial charge in [0, 0.05) is 25.8 Å². The van der Waals surface area contributed by atoms with E-state index in [2.05, 4.69) is 0 Å². The Balaban J connectivity index is 2.33. The minimum atomic E-state index is 0.405. The third-order valence-electron chi connectivity index (χ3n) is 2.73. The highest BCUT2D eigenvalue weighted by Gasteiger charge is 2.04. The monoisotopic (exact) mass is 263 g/mol. The number of nitriles is 2. The molecule has 0 N–H and O–H groups in total. The molecule has 2 rings (SSSR count). The van der Waals surface area contributed by atoms with Crippen LogP contribution in [-0.2, 0) is 0 Å². The Labute approximate surface area is 118 Å². The van der Waals surface area contributed by atoms with E-state index < -0.39 is 0 Å². The summed E-state index contributed by atoms with van der Waals surface area (Å²) < 4.78 is 5.73. The van der Waals surface area contributed by atoms with Gasteiger partial charge in [-0.2, -0.15) is 10.5 Å². The van der Waals surface area contributed by atoms with Crippen molar-refractivity contribution >= 4 is 5.69 Å².